The number of anilines is 1. The Balaban J connectivity index is 3.02. The molecule has 0 bridgehead atoms. The third-order valence-corrected chi connectivity index (χ3v) is 3.20. The van der Waals surface area contributed by atoms with E-state index in [9.17, 15) is 0 Å². The number of nitrogens with one attached hydrogen (secondary N) is 1. The molecule has 21 heavy (non-hydrogen) atoms. The lowest BCUT2D eigenvalue weighted by molar-refractivity contribution is 0.424. The summed E-state index contributed by atoms with van der Waals surface area (Å²) in [6.45, 7) is 18.7. The maximum atomic E-state index is 4.79. The van der Waals surface area contributed by atoms with Crippen molar-refractivity contribution in [3.8, 4) is 0 Å². The zero-order valence-electron chi connectivity index (χ0n) is 14.7. The highest BCUT2D eigenvalue weighted by Crippen LogP contribution is 2.20. The van der Waals surface area contributed by atoms with Crippen molar-refractivity contribution in [2.45, 2.75) is 59.5 Å². The molecule has 0 aliphatic heterocycles. The van der Waals surface area contributed by atoms with Crippen molar-refractivity contribution in [3.05, 3.63) is 35.5 Å². The van der Waals surface area contributed by atoms with E-state index in [0.29, 0.717) is 5.92 Å². The van der Waals surface area contributed by atoms with Gasteiger partial charge in [-0.15, -0.1) is 0 Å². The van der Waals surface area contributed by atoms with Crippen LogP contribution in [0.5, 0.6) is 0 Å². The van der Waals surface area contributed by atoms with Crippen molar-refractivity contribution in [1.29, 1.82) is 0 Å². The molecular formula is C18H31N3. The van der Waals surface area contributed by atoms with Gasteiger partial charge in [-0.1, -0.05) is 26.0 Å². The fraction of sp³-hybridized carbons (Fsp3) is 0.611. The van der Waals surface area contributed by atoms with Crippen LogP contribution in [0.4, 0.5) is 5.82 Å². The van der Waals surface area contributed by atoms with E-state index in [0.717, 1.165) is 30.2 Å². The third-order valence-electron chi connectivity index (χ3n) is 3.20. The lowest BCUT2D eigenvalue weighted by Crippen LogP contribution is -2.35. The molecule has 0 aliphatic rings. The van der Waals surface area contributed by atoms with Crippen LogP contribution in [0.2, 0.25) is 0 Å². The first-order chi connectivity index (χ1) is 9.58. The fourth-order valence-electron chi connectivity index (χ4n) is 2.04. The highest BCUT2D eigenvalue weighted by molar-refractivity contribution is 5.43. The normalized spacial score (nSPS) is 11.8. The van der Waals surface area contributed by atoms with Crippen LogP contribution in [-0.4, -0.2) is 24.1 Å². The molecule has 0 aliphatic carbocycles. The number of likely N-dealkylation sites (N-methyl/N-ethyl adjacent to an activating group) is 1. The molecule has 0 saturated heterocycles. The summed E-state index contributed by atoms with van der Waals surface area (Å²) in [7, 11) is 2.07. The smallest absolute Gasteiger partial charge is 0.129 e. The maximum absolute atomic E-state index is 4.79. The first-order valence-electron chi connectivity index (χ1n) is 7.70. The van der Waals surface area contributed by atoms with E-state index >= 15 is 0 Å². The van der Waals surface area contributed by atoms with E-state index in [-0.39, 0.29) is 5.54 Å². The Kier molecular flexibility index (Phi) is 5.97. The molecule has 1 N–H and O–H groups in total. The second-order valence-electron chi connectivity index (χ2n) is 7.33. The highest BCUT2D eigenvalue weighted by Gasteiger charge is 2.12. The predicted octanol–water partition coefficient (Wildman–Crippen LogP) is 4.11. The summed E-state index contributed by atoms with van der Waals surface area (Å²) in [5.41, 5.74) is 3.69. The summed E-state index contributed by atoms with van der Waals surface area (Å²) < 4.78 is 0. The van der Waals surface area contributed by atoms with Crippen molar-refractivity contribution in [2.75, 3.05) is 18.5 Å². The summed E-state index contributed by atoms with van der Waals surface area (Å²) in [4.78, 5) is 6.95. The minimum Gasteiger partial charge on any atom is -0.356 e. The van der Waals surface area contributed by atoms with Gasteiger partial charge in [0.05, 0.1) is 0 Å². The molecule has 0 unspecified atom stereocenters. The Morgan fingerprint density at radius 3 is 2.43 bits per heavy atom. The Labute approximate surface area is 130 Å². The van der Waals surface area contributed by atoms with Crippen LogP contribution in [0.1, 0.15) is 58.7 Å². The molecular weight excluding hydrogens is 258 g/mol. The maximum Gasteiger partial charge on any atom is 0.129 e. The molecule has 0 aromatic carbocycles. The average Bonchev–Trinajstić information content (AvgIpc) is 2.34. The fourth-order valence-corrected chi connectivity index (χ4v) is 2.04. The first-order valence-corrected chi connectivity index (χ1v) is 7.70. The zero-order chi connectivity index (χ0) is 16.2. The van der Waals surface area contributed by atoms with Crippen LogP contribution in [0.15, 0.2) is 24.3 Å². The molecule has 0 spiro atoms. The number of pyridine rings is 1. The first kappa shape index (κ1) is 17.7. The van der Waals surface area contributed by atoms with E-state index in [4.69, 9.17) is 4.98 Å². The number of nitrogens with zero attached hydrogens (tertiary/aromatic N) is 2. The molecule has 1 aromatic rings. The lowest BCUT2D eigenvalue weighted by atomic mass is 10.1. The molecule has 1 rings (SSSR count). The van der Waals surface area contributed by atoms with Crippen LogP contribution in [0, 0.1) is 0 Å². The van der Waals surface area contributed by atoms with Gasteiger partial charge in [-0.2, -0.15) is 0 Å². The Bertz CT molecular complexity index is 484. The Hall–Kier alpha value is -1.35. The van der Waals surface area contributed by atoms with Crippen LogP contribution in [-0.2, 0) is 6.54 Å². The van der Waals surface area contributed by atoms with Gasteiger partial charge >= 0.3 is 0 Å². The minimum absolute atomic E-state index is 0.116. The highest BCUT2D eigenvalue weighted by atomic mass is 15.2. The molecule has 1 aromatic heterocycles. The average molecular weight is 289 g/mol. The van der Waals surface area contributed by atoms with Crippen molar-refractivity contribution in [1.82, 2.24) is 10.3 Å². The van der Waals surface area contributed by atoms with Crippen LogP contribution in [0.25, 0.3) is 0 Å². The van der Waals surface area contributed by atoms with E-state index in [2.05, 4.69) is 70.6 Å². The second kappa shape index (κ2) is 7.08. The minimum atomic E-state index is 0.116. The summed E-state index contributed by atoms with van der Waals surface area (Å²) in [6, 6.07) is 4.38. The number of rotatable bonds is 6. The van der Waals surface area contributed by atoms with E-state index < -0.39 is 0 Å². The summed E-state index contributed by atoms with van der Waals surface area (Å²) in [6.07, 6.45) is 0. The van der Waals surface area contributed by atoms with Crippen LogP contribution in [0.3, 0.4) is 0 Å². The molecule has 0 atom stereocenters. The van der Waals surface area contributed by atoms with Gasteiger partial charge in [0.2, 0.25) is 0 Å². The Morgan fingerprint density at radius 1 is 1.33 bits per heavy atom. The molecule has 0 saturated carbocycles. The number of hydrogen-bond donors (Lipinski definition) is 1. The lowest BCUT2D eigenvalue weighted by Gasteiger charge is -2.23. The topological polar surface area (TPSA) is 28.2 Å². The van der Waals surface area contributed by atoms with Gasteiger partial charge < -0.3 is 10.2 Å². The summed E-state index contributed by atoms with van der Waals surface area (Å²) in [5, 5.41) is 3.55. The molecule has 118 valence electrons. The van der Waals surface area contributed by atoms with Gasteiger partial charge in [-0.05, 0) is 51.3 Å². The van der Waals surface area contributed by atoms with Crippen molar-refractivity contribution in [2.24, 2.45) is 0 Å². The number of aromatic nitrogens is 1. The van der Waals surface area contributed by atoms with E-state index in [1.54, 1.807) is 0 Å². The monoisotopic (exact) mass is 289 g/mol. The molecule has 3 heteroatoms. The standard InChI is InChI=1S/C18H31N3/c1-13(2)12-21(8)17-10-15(11-19-18(5,6)7)9-16(20-17)14(3)4/h9-10,14,19H,1,11-12H2,2-8H3. The van der Waals surface area contributed by atoms with Crippen molar-refractivity contribution in [3.63, 3.8) is 0 Å². The van der Waals surface area contributed by atoms with Crippen LogP contribution >= 0.6 is 0 Å². The van der Waals surface area contributed by atoms with Crippen molar-refractivity contribution >= 4 is 5.82 Å². The largest absolute Gasteiger partial charge is 0.356 e. The van der Waals surface area contributed by atoms with Gasteiger partial charge in [-0.3, -0.25) is 0 Å². The van der Waals surface area contributed by atoms with Crippen molar-refractivity contribution < 1.29 is 0 Å². The van der Waals surface area contributed by atoms with Gasteiger partial charge in [-0.25, -0.2) is 4.98 Å². The molecule has 1 heterocycles. The molecule has 0 radical (unpaired) electrons. The molecule has 3 nitrogen and oxygen atoms in total. The quantitative estimate of drug-likeness (QED) is 0.799. The Morgan fingerprint density at radius 2 is 1.95 bits per heavy atom. The van der Waals surface area contributed by atoms with E-state index in [1.165, 1.54) is 5.56 Å². The predicted molar refractivity (Wildman–Crippen MR) is 93.0 cm³/mol. The molecule has 0 fully saturated rings. The molecule has 0 amide bonds. The zero-order valence-corrected chi connectivity index (χ0v) is 14.7. The summed E-state index contributed by atoms with van der Waals surface area (Å²) >= 11 is 0. The SMILES string of the molecule is C=C(C)CN(C)c1cc(CNC(C)(C)C)cc(C(C)C)n1. The van der Waals surface area contributed by atoms with Gasteiger partial charge in [0.15, 0.2) is 0 Å². The summed E-state index contributed by atoms with van der Waals surface area (Å²) in [5.74, 6) is 1.45. The van der Waals surface area contributed by atoms with Gasteiger partial charge in [0.1, 0.15) is 5.82 Å². The number of hydrogen-bond acceptors (Lipinski definition) is 3. The van der Waals surface area contributed by atoms with Gasteiger partial charge in [0, 0.05) is 31.4 Å². The van der Waals surface area contributed by atoms with Crippen LogP contribution < -0.4 is 10.2 Å². The third kappa shape index (κ3) is 6.30. The van der Waals surface area contributed by atoms with E-state index in [1.807, 2.05) is 6.92 Å². The van der Waals surface area contributed by atoms with Gasteiger partial charge in [0.25, 0.3) is 0 Å². The second-order valence-corrected chi connectivity index (χ2v) is 7.33.